The number of hydrogen-bond acceptors (Lipinski definition) is 4. The van der Waals surface area contributed by atoms with Crippen LogP contribution in [0.25, 0.3) is 0 Å². The van der Waals surface area contributed by atoms with Crippen molar-refractivity contribution >= 4 is 40.1 Å². The zero-order valence-corrected chi connectivity index (χ0v) is 21.5. The van der Waals surface area contributed by atoms with Gasteiger partial charge in [0, 0.05) is 29.0 Å². The summed E-state index contributed by atoms with van der Waals surface area (Å²) in [7, 11) is 0. The Bertz CT molecular complexity index is 1100. The summed E-state index contributed by atoms with van der Waals surface area (Å²) in [5, 5.41) is 22.8. The van der Waals surface area contributed by atoms with Crippen molar-refractivity contribution in [3.05, 3.63) is 70.6 Å². The van der Waals surface area contributed by atoms with Crippen LogP contribution >= 0.6 is 11.3 Å². The van der Waals surface area contributed by atoms with Crippen molar-refractivity contribution in [2.24, 2.45) is 4.99 Å². The van der Waals surface area contributed by atoms with Gasteiger partial charge in [0.2, 0.25) is 0 Å². The molecule has 0 atom stereocenters. The van der Waals surface area contributed by atoms with E-state index in [2.05, 4.69) is 20.9 Å². The molecule has 0 aliphatic rings. The molecule has 0 bridgehead atoms. The highest BCUT2D eigenvalue weighted by atomic mass is 32.1. The predicted molar refractivity (Wildman–Crippen MR) is 144 cm³/mol. The van der Waals surface area contributed by atoms with Crippen LogP contribution < -0.4 is 16.0 Å². The third-order valence-corrected chi connectivity index (χ3v) is 6.10. The molecule has 0 fully saturated rings. The van der Waals surface area contributed by atoms with Crippen molar-refractivity contribution in [3.8, 4) is 5.75 Å². The lowest BCUT2D eigenvalue weighted by atomic mass is 9.79. The summed E-state index contributed by atoms with van der Waals surface area (Å²) >= 11 is 1.58. The standard InChI is InChI=1S/C27H34N4O2S/c1-26(2,3)21-14-20(15-22(24(21)32)27(4,5)6)31-25(33)28-16-18-9-11-19(12-10-18)29-17-30-23-8-7-13-34-23/h7-15,17,32H,16H2,1-6H3,(H,29,30)(H2,28,31,33). The second kappa shape index (κ2) is 10.3. The van der Waals surface area contributed by atoms with Gasteiger partial charge in [-0.25, -0.2) is 9.79 Å². The van der Waals surface area contributed by atoms with Crippen LogP contribution in [0.4, 0.5) is 21.2 Å². The van der Waals surface area contributed by atoms with Gasteiger partial charge in [-0.1, -0.05) is 53.7 Å². The minimum atomic E-state index is -0.296. The van der Waals surface area contributed by atoms with Crippen LogP contribution in [0.15, 0.2) is 58.9 Å². The van der Waals surface area contributed by atoms with Crippen molar-refractivity contribution in [3.63, 3.8) is 0 Å². The van der Waals surface area contributed by atoms with E-state index in [1.807, 2.05) is 95.5 Å². The van der Waals surface area contributed by atoms with Crippen LogP contribution in [-0.4, -0.2) is 17.5 Å². The van der Waals surface area contributed by atoms with Gasteiger partial charge >= 0.3 is 6.03 Å². The maximum Gasteiger partial charge on any atom is 0.319 e. The fourth-order valence-corrected chi connectivity index (χ4v) is 4.01. The first-order valence-electron chi connectivity index (χ1n) is 11.3. The number of rotatable bonds is 6. The van der Waals surface area contributed by atoms with Gasteiger partial charge in [0.15, 0.2) is 0 Å². The number of phenols is 1. The second-order valence-corrected chi connectivity index (χ2v) is 11.2. The molecule has 1 aromatic heterocycles. The van der Waals surface area contributed by atoms with E-state index in [-0.39, 0.29) is 16.9 Å². The maximum atomic E-state index is 12.6. The van der Waals surface area contributed by atoms with E-state index < -0.39 is 0 Å². The minimum absolute atomic E-state index is 0.261. The summed E-state index contributed by atoms with van der Waals surface area (Å²) in [6.07, 6.45) is 1.67. The number of nitrogens with one attached hydrogen (secondary N) is 3. The van der Waals surface area contributed by atoms with Gasteiger partial charge in [-0.2, -0.15) is 0 Å². The lowest BCUT2D eigenvalue weighted by Crippen LogP contribution is -2.28. The van der Waals surface area contributed by atoms with Crippen LogP contribution in [0.3, 0.4) is 0 Å². The molecule has 2 aromatic carbocycles. The Kier molecular flexibility index (Phi) is 7.67. The summed E-state index contributed by atoms with van der Waals surface area (Å²) in [5.74, 6) is 0.292. The summed E-state index contributed by atoms with van der Waals surface area (Å²) in [4.78, 5) is 16.9. The lowest BCUT2D eigenvalue weighted by molar-refractivity contribution is 0.251. The van der Waals surface area contributed by atoms with Gasteiger partial charge < -0.3 is 21.1 Å². The minimum Gasteiger partial charge on any atom is -0.507 e. The number of nitrogens with zero attached hydrogens (tertiary/aromatic N) is 1. The molecular weight excluding hydrogens is 444 g/mol. The molecule has 3 rings (SSSR count). The van der Waals surface area contributed by atoms with E-state index >= 15 is 0 Å². The quantitative estimate of drug-likeness (QED) is 0.172. The molecule has 34 heavy (non-hydrogen) atoms. The number of anilines is 2. The SMILES string of the molecule is CC(C)(C)c1cc(NC(=O)NCc2ccc(N/C=N/c3cccs3)cc2)cc(C(C)(C)C)c1O. The number of aromatic hydroxyl groups is 1. The summed E-state index contributed by atoms with van der Waals surface area (Å²) < 4.78 is 0. The number of phenolic OH excluding ortho intramolecular Hbond substituents is 1. The molecule has 0 aliphatic carbocycles. The first-order valence-corrected chi connectivity index (χ1v) is 12.2. The summed E-state index contributed by atoms with van der Waals surface area (Å²) in [6.45, 7) is 12.7. The molecule has 0 saturated heterocycles. The third kappa shape index (κ3) is 6.84. The Balaban J connectivity index is 1.61. The largest absolute Gasteiger partial charge is 0.507 e. The van der Waals surface area contributed by atoms with Crippen molar-refractivity contribution in [1.29, 1.82) is 0 Å². The highest BCUT2D eigenvalue weighted by Gasteiger charge is 2.26. The van der Waals surface area contributed by atoms with Gasteiger partial charge in [0.05, 0.1) is 6.34 Å². The molecule has 3 aromatic rings. The molecule has 1 heterocycles. The molecule has 0 unspecified atom stereocenters. The van der Waals surface area contributed by atoms with E-state index in [1.165, 1.54) is 0 Å². The molecule has 0 radical (unpaired) electrons. The monoisotopic (exact) mass is 478 g/mol. The van der Waals surface area contributed by atoms with Crippen molar-refractivity contribution < 1.29 is 9.90 Å². The van der Waals surface area contributed by atoms with Gasteiger partial charge in [-0.05, 0) is 58.2 Å². The maximum absolute atomic E-state index is 12.6. The summed E-state index contributed by atoms with van der Waals surface area (Å²) in [5.41, 5.74) is 3.65. The predicted octanol–water partition coefficient (Wildman–Crippen LogP) is 7.14. The van der Waals surface area contributed by atoms with Gasteiger partial charge in [-0.15, -0.1) is 11.3 Å². The number of aliphatic imine (C=N–C) groups is 1. The average molecular weight is 479 g/mol. The molecule has 6 nitrogen and oxygen atoms in total. The van der Waals surface area contributed by atoms with Gasteiger partial charge in [0.1, 0.15) is 10.8 Å². The number of urea groups is 1. The third-order valence-electron chi connectivity index (χ3n) is 5.32. The molecule has 0 aliphatic heterocycles. The molecule has 2 amide bonds. The van der Waals surface area contributed by atoms with Crippen LogP contribution in [0.2, 0.25) is 0 Å². The molecule has 0 saturated carbocycles. The van der Waals surface area contributed by atoms with Crippen molar-refractivity contribution in [2.75, 3.05) is 10.6 Å². The normalized spacial score (nSPS) is 12.1. The molecule has 0 spiro atoms. The number of amides is 2. The fraction of sp³-hybridized carbons (Fsp3) is 0.333. The summed E-state index contributed by atoms with van der Waals surface area (Å²) in [6, 6.07) is 15.1. The van der Waals surface area contributed by atoms with Gasteiger partial charge in [-0.3, -0.25) is 0 Å². The van der Waals surface area contributed by atoms with Crippen molar-refractivity contribution in [2.45, 2.75) is 58.9 Å². The first-order chi connectivity index (χ1) is 15.9. The Morgan fingerprint density at radius 3 is 2.12 bits per heavy atom. The number of carbonyl (C=O) groups is 1. The van der Waals surface area contributed by atoms with Crippen LogP contribution in [0.1, 0.15) is 58.2 Å². The molecule has 4 N–H and O–H groups in total. The van der Waals surface area contributed by atoms with Crippen LogP contribution in [0, 0.1) is 0 Å². The van der Waals surface area contributed by atoms with Crippen molar-refractivity contribution in [1.82, 2.24) is 5.32 Å². The van der Waals surface area contributed by atoms with Crippen LogP contribution in [-0.2, 0) is 17.4 Å². The van der Waals surface area contributed by atoms with Crippen LogP contribution in [0.5, 0.6) is 5.75 Å². The number of hydrogen-bond donors (Lipinski definition) is 4. The lowest BCUT2D eigenvalue weighted by Gasteiger charge is -2.28. The number of thiophene rings is 1. The first kappa shape index (κ1) is 25.3. The number of carbonyl (C=O) groups excluding carboxylic acids is 1. The Morgan fingerprint density at radius 2 is 1.59 bits per heavy atom. The molecule has 180 valence electrons. The second-order valence-electron chi connectivity index (χ2n) is 10.3. The smallest absolute Gasteiger partial charge is 0.319 e. The highest BCUT2D eigenvalue weighted by Crippen LogP contribution is 2.41. The zero-order chi connectivity index (χ0) is 24.9. The van der Waals surface area contributed by atoms with E-state index in [0.717, 1.165) is 27.4 Å². The Morgan fingerprint density at radius 1 is 0.971 bits per heavy atom. The Hall–Kier alpha value is -3.32. The molecule has 7 heteroatoms. The topological polar surface area (TPSA) is 85.8 Å². The van der Waals surface area contributed by atoms with E-state index in [0.29, 0.717) is 18.0 Å². The fourth-order valence-electron chi connectivity index (χ4n) is 3.44. The Labute approximate surface area is 206 Å². The zero-order valence-electron chi connectivity index (χ0n) is 20.7. The highest BCUT2D eigenvalue weighted by molar-refractivity contribution is 7.13. The number of benzene rings is 2. The van der Waals surface area contributed by atoms with E-state index in [1.54, 1.807) is 17.7 Å². The van der Waals surface area contributed by atoms with E-state index in [9.17, 15) is 9.90 Å². The van der Waals surface area contributed by atoms with E-state index in [4.69, 9.17) is 0 Å². The molecular formula is C27H34N4O2S. The van der Waals surface area contributed by atoms with Gasteiger partial charge in [0.25, 0.3) is 0 Å². The average Bonchev–Trinajstić information content (AvgIpc) is 3.26.